The van der Waals surface area contributed by atoms with Crippen molar-refractivity contribution in [3.63, 3.8) is 0 Å². The summed E-state index contributed by atoms with van der Waals surface area (Å²) in [4.78, 5) is 13.6. The van der Waals surface area contributed by atoms with Gasteiger partial charge >= 0.3 is 6.09 Å². The fourth-order valence-corrected chi connectivity index (χ4v) is 5.16. The number of likely N-dealkylation sites (tertiary alicyclic amines) is 1. The lowest BCUT2D eigenvalue weighted by Gasteiger charge is -2.32. The summed E-state index contributed by atoms with van der Waals surface area (Å²) in [5, 5.41) is 0. The summed E-state index contributed by atoms with van der Waals surface area (Å²) in [5.41, 5.74) is 1.38. The highest BCUT2D eigenvalue weighted by molar-refractivity contribution is 7.88. The van der Waals surface area contributed by atoms with Gasteiger partial charge in [-0.25, -0.2) is 17.9 Å². The molecule has 2 fully saturated rings. The second kappa shape index (κ2) is 9.24. The number of hydrogen-bond acceptors (Lipinski definition) is 5. The Morgan fingerprint density at radius 2 is 1.82 bits per heavy atom. The van der Waals surface area contributed by atoms with E-state index >= 15 is 0 Å². The third-order valence-corrected chi connectivity index (χ3v) is 6.50. The van der Waals surface area contributed by atoms with Gasteiger partial charge in [0.25, 0.3) is 0 Å². The monoisotopic (exact) mass is 410 g/mol. The van der Waals surface area contributed by atoms with Crippen LogP contribution in [0.1, 0.15) is 43.6 Å². The van der Waals surface area contributed by atoms with Crippen molar-refractivity contribution in [2.45, 2.75) is 56.2 Å². The van der Waals surface area contributed by atoms with Crippen LogP contribution < -0.4 is 4.72 Å². The first-order valence-corrected chi connectivity index (χ1v) is 11.7. The first-order chi connectivity index (χ1) is 13.4. The minimum absolute atomic E-state index is 0.138. The van der Waals surface area contributed by atoms with E-state index in [4.69, 9.17) is 9.47 Å². The molecule has 2 aliphatic rings. The molecule has 0 spiro atoms. The summed E-state index contributed by atoms with van der Waals surface area (Å²) < 4.78 is 37.0. The quantitative estimate of drug-likeness (QED) is 0.779. The molecule has 1 aromatic carbocycles. The lowest BCUT2D eigenvalue weighted by molar-refractivity contribution is -0.00534. The predicted octanol–water partition coefficient (Wildman–Crippen LogP) is 2.49. The van der Waals surface area contributed by atoms with Gasteiger partial charge in [0, 0.05) is 12.6 Å². The third-order valence-electron chi connectivity index (χ3n) is 5.77. The molecule has 1 N–H and O–H groups in total. The SMILES string of the molecule is COC(=O)N1CCC(NS(C)(=O)=O)C1CO[C@H]1CC[C@@H](c2ccccc2)CC1. The van der Waals surface area contributed by atoms with Crippen molar-refractivity contribution in [2.24, 2.45) is 0 Å². The number of methoxy groups -OCH3 is 1. The number of ether oxygens (including phenoxy) is 2. The van der Waals surface area contributed by atoms with Gasteiger partial charge < -0.3 is 14.4 Å². The second-order valence-corrected chi connectivity index (χ2v) is 9.51. The number of nitrogens with one attached hydrogen (secondary N) is 1. The molecule has 1 amide bonds. The number of nitrogens with zero attached hydrogens (tertiary/aromatic N) is 1. The zero-order valence-electron chi connectivity index (χ0n) is 16.5. The summed E-state index contributed by atoms with van der Waals surface area (Å²) in [6.45, 7) is 0.761. The molecule has 0 radical (unpaired) electrons. The Morgan fingerprint density at radius 3 is 2.43 bits per heavy atom. The molecule has 1 saturated carbocycles. The molecule has 0 aromatic heterocycles. The number of benzene rings is 1. The predicted molar refractivity (Wildman–Crippen MR) is 107 cm³/mol. The zero-order chi connectivity index (χ0) is 20.1. The molecule has 1 aliphatic carbocycles. The van der Waals surface area contributed by atoms with Crippen molar-refractivity contribution in [1.29, 1.82) is 0 Å². The Balaban J connectivity index is 1.55. The van der Waals surface area contributed by atoms with Gasteiger partial charge in [-0.1, -0.05) is 30.3 Å². The van der Waals surface area contributed by atoms with E-state index in [0.717, 1.165) is 31.9 Å². The lowest BCUT2D eigenvalue weighted by atomic mass is 9.83. The smallest absolute Gasteiger partial charge is 0.409 e. The Labute approximate surface area is 167 Å². The Hall–Kier alpha value is -1.64. The molecule has 2 atom stereocenters. The van der Waals surface area contributed by atoms with Crippen LogP contribution >= 0.6 is 0 Å². The zero-order valence-corrected chi connectivity index (χ0v) is 17.4. The van der Waals surface area contributed by atoms with Gasteiger partial charge in [0.05, 0.1) is 32.1 Å². The summed E-state index contributed by atoms with van der Waals surface area (Å²) in [5.74, 6) is 0.568. The topological polar surface area (TPSA) is 84.9 Å². The van der Waals surface area contributed by atoms with Gasteiger partial charge in [0.2, 0.25) is 10.0 Å². The number of rotatable bonds is 6. The molecule has 2 unspecified atom stereocenters. The average molecular weight is 411 g/mol. The van der Waals surface area contributed by atoms with E-state index in [2.05, 4.69) is 29.0 Å². The Morgan fingerprint density at radius 1 is 1.14 bits per heavy atom. The first kappa shape index (κ1) is 21.1. The summed E-state index contributed by atoms with van der Waals surface area (Å²) in [7, 11) is -2.03. The highest BCUT2D eigenvalue weighted by Crippen LogP contribution is 2.34. The minimum Gasteiger partial charge on any atom is -0.453 e. The maximum atomic E-state index is 12.1. The maximum Gasteiger partial charge on any atom is 0.409 e. The largest absolute Gasteiger partial charge is 0.453 e. The van der Waals surface area contributed by atoms with Crippen LogP contribution in [0, 0.1) is 0 Å². The van der Waals surface area contributed by atoms with Gasteiger partial charge in [-0.2, -0.15) is 0 Å². The van der Waals surface area contributed by atoms with Crippen LogP contribution in [-0.2, 0) is 19.5 Å². The van der Waals surface area contributed by atoms with Crippen LogP contribution in [0.15, 0.2) is 30.3 Å². The van der Waals surface area contributed by atoms with Crippen LogP contribution in [0.4, 0.5) is 4.79 Å². The number of sulfonamides is 1. The molecule has 156 valence electrons. The summed E-state index contributed by atoms with van der Waals surface area (Å²) in [6.07, 6.45) is 5.46. The number of carbonyl (C=O) groups is 1. The van der Waals surface area contributed by atoms with Crippen molar-refractivity contribution >= 4 is 16.1 Å². The molecule has 1 saturated heterocycles. The van der Waals surface area contributed by atoms with Gasteiger partial charge in [-0.15, -0.1) is 0 Å². The van der Waals surface area contributed by atoms with E-state index in [9.17, 15) is 13.2 Å². The maximum absolute atomic E-state index is 12.1. The van der Waals surface area contributed by atoms with Crippen molar-refractivity contribution in [1.82, 2.24) is 9.62 Å². The van der Waals surface area contributed by atoms with Crippen LogP contribution in [0.25, 0.3) is 0 Å². The van der Waals surface area contributed by atoms with E-state index in [1.165, 1.54) is 12.7 Å². The molecular weight excluding hydrogens is 380 g/mol. The number of hydrogen-bond donors (Lipinski definition) is 1. The minimum atomic E-state index is -3.36. The normalized spacial score (nSPS) is 28.3. The molecule has 28 heavy (non-hydrogen) atoms. The molecule has 1 aromatic rings. The van der Waals surface area contributed by atoms with Gasteiger partial charge in [-0.3, -0.25) is 0 Å². The summed E-state index contributed by atoms with van der Waals surface area (Å²) >= 11 is 0. The Kier molecular flexibility index (Phi) is 6.95. The van der Waals surface area contributed by atoms with Crippen molar-refractivity contribution in [2.75, 3.05) is 26.5 Å². The van der Waals surface area contributed by atoms with E-state index in [-0.39, 0.29) is 18.2 Å². The average Bonchev–Trinajstić information content (AvgIpc) is 3.07. The molecule has 1 aliphatic heterocycles. The second-order valence-electron chi connectivity index (χ2n) is 7.73. The molecule has 3 rings (SSSR count). The molecular formula is C20H30N2O5S. The van der Waals surface area contributed by atoms with Gasteiger partial charge in [0.15, 0.2) is 0 Å². The van der Waals surface area contributed by atoms with Gasteiger partial charge in [-0.05, 0) is 43.6 Å². The number of carbonyl (C=O) groups excluding carboxylic acids is 1. The molecule has 1 heterocycles. The van der Waals surface area contributed by atoms with Crippen molar-refractivity contribution < 1.29 is 22.7 Å². The fourth-order valence-electron chi connectivity index (χ4n) is 4.34. The van der Waals surface area contributed by atoms with Gasteiger partial charge in [0.1, 0.15) is 0 Å². The highest BCUT2D eigenvalue weighted by atomic mass is 32.2. The molecule has 0 bridgehead atoms. The van der Waals surface area contributed by atoms with Crippen LogP contribution in [-0.4, -0.2) is 64.1 Å². The highest BCUT2D eigenvalue weighted by Gasteiger charge is 2.39. The van der Waals surface area contributed by atoms with E-state index < -0.39 is 16.1 Å². The molecule has 7 nitrogen and oxygen atoms in total. The van der Waals surface area contributed by atoms with E-state index in [1.54, 1.807) is 4.90 Å². The van der Waals surface area contributed by atoms with Crippen molar-refractivity contribution in [3.8, 4) is 0 Å². The number of amides is 1. The fraction of sp³-hybridized carbons (Fsp3) is 0.650. The van der Waals surface area contributed by atoms with Crippen LogP contribution in [0.2, 0.25) is 0 Å². The standard InChI is InChI=1S/C20H30N2O5S/c1-26-20(23)22-13-12-18(21-28(2,24)25)19(22)14-27-17-10-8-16(9-11-17)15-6-4-3-5-7-15/h3-7,16-19,21H,8-14H2,1-2H3/t16-,17+,18?,19?. The third kappa shape index (κ3) is 5.46. The van der Waals surface area contributed by atoms with E-state index in [1.807, 2.05) is 6.07 Å². The van der Waals surface area contributed by atoms with E-state index in [0.29, 0.717) is 25.5 Å². The van der Waals surface area contributed by atoms with Crippen molar-refractivity contribution in [3.05, 3.63) is 35.9 Å². The lowest BCUT2D eigenvalue weighted by Crippen LogP contribution is -2.49. The first-order valence-electron chi connectivity index (χ1n) is 9.86. The van der Waals surface area contributed by atoms with Crippen LogP contribution in [0.5, 0.6) is 0 Å². The van der Waals surface area contributed by atoms with Crippen LogP contribution in [0.3, 0.4) is 0 Å². The molecule has 8 heteroatoms. The summed E-state index contributed by atoms with van der Waals surface area (Å²) in [6, 6.07) is 9.85. The Bertz CT molecular complexity index is 747.